The first-order valence-electron chi connectivity index (χ1n) is 8.98. The molecule has 27 heavy (non-hydrogen) atoms. The number of nitrogens with zero attached hydrogens (tertiary/aromatic N) is 2. The number of furan rings is 1. The lowest BCUT2D eigenvalue weighted by molar-refractivity contribution is 0.0939. The molecule has 0 bridgehead atoms. The van der Waals surface area contributed by atoms with Gasteiger partial charge in [-0.25, -0.2) is 8.42 Å². The summed E-state index contributed by atoms with van der Waals surface area (Å²) in [5, 5.41) is 2.87. The minimum atomic E-state index is -3.54. The van der Waals surface area contributed by atoms with Gasteiger partial charge in [0.25, 0.3) is 5.91 Å². The third-order valence-corrected chi connectivity index (χ3v) is 6.64. The largest absolute Gasteiger partial charge is 0.468 e. The van der Waals surface area contributed by atoms with Gasteiger partial charge in [0.2, 0.25) is 10.0 Å². The third kappa shape index (κ3) is 4.40. The van der Waals surface area contributed by atoms with Crippen LogP contribution in [0.3, 0.4) is 0 Å². The van der Waals surface area contributed by atoms with E-state index in [0.29, 0.717) is 25.2 Å². The summed E-state index contributed by atoms with van der Waals surface area (Å²) >= 11 is 0. The fraction of sp³-hybridized carbons (Fsp3) is 0.421. The highest BCUT2D eigenvalue weighted by molar-refractivity contribution is 7.89. The van der Waals surface area contributed by atoms with Crippen LogP contribution in [0.25, 0.3) is 0 Å². The van der Waals surface area contributed by atoms with E-state index in [-0.39, 0.29) is 16.8 Å². The van der Waals surface area contributed by atoms with Crippen LogP contribution < -0.4 is 5.32 Å². The van der Waals surface area contributed by atoms with Crippen molar-refractivity contribution in [3.63, 3.8) is 0 Å². The fourth-order valence-corrected chi connectivity index (χ4v) is 4.75. The van der Waals surface area contributed by atoms with Crippen molar-refractivity contribution < 1.29 is 17.6 Å². The minimum Gasteiger partial charge on any atom is -0.468 e. The van der Waals surface area contributed by atoms with Crippen molar-refractivity contribution in [3.05, 3.63) is 54.0 Å². The molecule has 2 aromatic rings. The van der Waals surface area contributed by atoms with Crippen molar-refractivity contribution in [3.8, 4) is 0 Å². The first-order chi connectivity index (χ1) is 12.9. The van der Waals surface area contributed by atoms with Crippen LogP contribution in [0.15, 0.2) is 52.0 Å². The summed E-state index contributed by atoms with van der Waals surface area (Å²) in [5.74, 6) is 0.442. The predicted molar refractivity (Wildman–Crippen MR) is 102 cm³/mol. The van der Waals surface area contributed by atoms with Crippen molar-refractivity contribution in [2.75, 3.05) is 33.7 Å². The number of carbonyl (C=O) groups is 1. The molecule has 0 radical (unpaired) electrons. The SMILES string of the molecule is CN(C)[C@@H](CNC(=O)c1cccc(S(=O)(=O)N2CCCC2)c1)c1ccco1. The summed E-state index contributed by atoms with van der Waals surface area (Å²) in [6.45, 7) is 1.42. The molecule has 0 saturated carbocycles. The predicted octanol–water partition coefficient (Wildman–Crippen LogP) is 2.10. The summed E-state index contributed by atoms with van der Waals surface area (Å²) in [6.07, 6.45) is 3.34. The number of sulfonamides is 1. The molecule has 2 heterocycles. The lowest BCUT2D eigenvalue weighted by Crippen LogP contribution is -2.34. The van der Waals surface area contributed by atoms with Gasteiger partial charge in [0.1, 0.15) is 5.76 Å². The minimum absolute atomic E-state index is 0.111. The van der Waals surface area contributed by atoms with Gasteiger partial charge in [0.05, 0.1) is 17.2 Å². The smallest absolute Gasteiger partial charge is 0.251 e. The van der Waals surface area contributed by atoms with Crippen LogP contribution in [0.4, 0.5) is 0 Å². The first kappa shape index (κ1) is 19.6. The maximum absolute atomic E-state index is 12.7. The van der Waals surface area contributed by atoms with E-state index in [1.165, 1.54) is 16.4 Å². The fourth-order valence-electron chi connectivity index (χ4n) is 3.19. The average Bonchev–Trinajstić information content (AvgIpc) is 3.36. The monoisotopic (exact) mass is 391 g/mol. The van der Waals surface area contributed by atoms with Gasteiger partial charge in [-0.2, -0.15) is 4.31 Å². The highest BCUT2D eigenvalue weighted by Gasteiger charge is 2.27. The Bertz CT molecular complexity index is 872. The molecule has 7 nitrogen and oxygen atoms in total. The molecule has 3 rings (SSSR count). The lowest BCUT2D eigenvalue weighted by Gasteiger charge is -2.22. The zero-order chi connectivity index (χ0) is 19.4. The molecule has 0 spiro atoms. The van der Waals surface area contributed by atoms with Gasteiger partial charge in [0, 0.05) is 25.2 Å². The normalized spacial score (nSPS) is 16.6. The van der Waals surface area contributed by atoms with E-state index in [1.54, 1.807) is 24.5 Å². The summed E-state index contributed by atoms with van der Waals surface area (Å²) in [6, 6.07) is 9.76. The van der Waals surface area contributed by atoms with Crippen molar-refractivity contribution in [1.29, 1.82) is 0 Å². The zero-order valence-corrected chi connectivity index (χ0v) is 16.4. The van der Waals surface area contributed by atoms with Crippen LogP contribution in [0.1, 0.15) is 35.0 Å². The van der Waals surface area contributed by atoms with E-state index >= 15 is 0 Å². The Morgan fingerprint density at radius 2 is 1.96 bits per heavy atom. The molecule has 146 valence electrons. The molecule has 1 fully saturated rings. The van der Waals surface area contributed by atoms with E-state index in [0.717, 1.165) is 18.6 Å². The molecule has 1 amide bonds. The molecule has 1 aliphatic heterocycles. The van der Waals surface area contributed by atoms with Crippen molar-refractivity contribution >= 4 is 15.9 Å². The van der Waals surface area contributed by atoms with E-state index in [4.69, 9.17) is 4.42 Å². The maximum atomic E-state index is 12.7. The van der Waals surface area contributed by atoms with E-state index in [1.807, 2.05) is 25.1 Å². The quantitative estimate of drug-likeness (QED) is 0.782. The number of hydrogen-bond acceptors (Lipinski definition) is 5. The van der Waals surface area contributed by atoms with Gasteiger partial charge < -0.3 is 9.73 Å². The summed E-state index contributed by atoms with van der Waals surface area (Å²) < 4.78 is 32.3. The Morgan fingerprint density at radius 3 is 2.59 bits per heavy atom. The number of likely N-dealkylation sites (N-methyl/N-ethyl adjacent to an activating group) is 1. The van der Waals surface area contributed by atoms with Gasteiger partial charge in [-0.15, -0.1) is 0 Å². The van der Waals surface area contributed by atoms with Crippen molar-refractivity contribution in [2.24, 2.45) is 0 Å². The molecule has 1 aromatic carbocycles. The molecule has 1 saturated heterocycles. The molecular formula is C19H25N3O4S. The molecule has 1 N–H and O–H groups in total. The van der Waals surface area contributed by atoms with E-state index in [9.17, 15) is 13.2 Å². The van der Waals surface area contributed by atoms with Crippen molar-refractivity contribution in [2.45, 2.75) is 23.8 Å². The second-order valence-corrected chi connectivity index (χ2v) is 8.78. The van der Waals surface area contributed by atoms with Gasteiger partial charge >= 0.3 is 0 Å². The first-order valence-corrected chi connectivity index (χ1v) is 10.4. The Balaban J connectivity index is 1.72. The molecule has 1 aliphatic rings. The number of carbonyl (C=O) groups excluding carboxylic acids is 1. The molecule has 8 heteroatoms. The van der Waals surface area contributed by atoms with Crippen LogP contribution in [-0.2, 0) is 10.0 Å². The topological polar surface area (TPSA) is 82.9 Å². The second-order valence-electron chi connectivity index (χ2n) is 6.84. The van der Waals surface area contributed by atoms with Crippen molar-refractivity contribution in [1.82, 2.24) is 14.5 Å². The van der Waals surface area contributed by atoms with Gasteiger partial charge in [-0.3, -0.25) is 9.69 Å². The number of amides is 1. The van der Waals surface area contributed by atoms with Crippen LogP contribution in [0.2, 0.25) is 0 Å². The summed E-state index contributed by atoms with van der Waals surface area (Å²) in [4.78, 5) is 14.7. The van der Waals surface area contributed by atoms with Gasteiger partial charge in [-0.05, 0) is 57.3 Å². The Morgan fingerprint density at radius 1 is 1.22 bits per heavy atom. The molecular weight excluding hydrogens is 366 g/mol. The Kier molecular flexibility index (Phi) is 5.98. The number of benzene rings is 1. The zero-order valence-electron chi connectivity index (χ0n) is 15.6. The van der Waals surface area contributed by atoms with Gasteiger partial charge in [-0.1, -0.05) is 6.07 Å². The van der Waals surface area contributed by atoms with Crippen LogP contribution in [0.5, 0.6) is 0 Å². The summed E-state index contributed by atoms with van der Waals surface area (Å²) in [7, 11) is 0.266. The molecule has 1 atom stereocenters. The number of nitrogens with one attached hydrogen (secondary N) is 1. The average molecular weight is 391 g/mol. The van der Waals surface area contributed by atoms with E-state index < -0.39 is 10.0 Å². The van der Waals surface area contributed by atoms with Gasteiger partial charge in [0.15, 0.2) is 0 Å². The molecule has 0 unspecified atom stereocenters. The Hall–Kier alpha value is -2.16. The summed E-state index contributed by atoms with van der Waals surface area (Å²) in [5.41, 5.74) is 0.326. The standard InChI is InChI=1S/C19H25N3O4S/c1-21(2)17(18-9-6-12-26-18)14-20-19(23)15-7-5-8-16(13-15)27(24,25)22-10-3-4-11-22/h5-9,12-13,17H,3-4,10-11,14H2,1-2H3,(H,20,23)/t17-/m0/s1. The third-order valence-electron chi connectivity index (χ3n) is 4.75. The van der Waals surface area contributed by atoms with Crippen LogP contribution in [-0.4, -0.2) is 57.3 Å². The van der Waals surface area contributed by atoms with E-state index in [2.05, 4.69) is 5.32 Å². The van der Waals surface area contributed by atoms with Crippen LogP contribution >= 0.6 is 0 Å². The second kappa shape index (κ2) is 8.24. The highest BCUT2D eigenvalue weighted by Crippen LogP contribution is 2.22. The molecule has 0 aliphatic carbocycles. The highest BCUT2D eigenvalue weighted by atomic mass is 32.2. The lowest BCUT2D eigenvalue weighted by atomic mass is 10.2. The van der Waals surface area contributed by atoms with Crippen LogP contribution in [0, 0.1) is 0 Å². The number of rotatable bonds is 7. The maximum Gasteiger partial charge on any atom is 0.251 e. The number of hydrogen-bond donors (Lipinski definition) is 1. The Labute approximate surface area is 160 Å². The molecule has 1 aromatic heterocycles.